The van der Waals surface area contributed by atoms with Gasteiger partial charge < -0.3 is 9.72 Å². The molecule has 0 saturated carbocycles. The highest BCUT2D eigenvalue weighted by Crippen LogP contribution is 2.31. The first kappa shape index (κ1) is 13.2. The van der Waals surface area contributed by atoms with Crippen LogP contribution >= 0.6 is 0 Å². The maximum atomic E-state index is 12.2. The van der Waals surface area contributed by atoms with Crippen LogP contribution in [0.25, 0.3) is 11.0 Å². The molecule has 108 valence electrons. The molecular weight excluding hydrogens is 280 g/mol. The lowest BCUT2D eigenvalue weighted by Crippen LogP contribution is -2.32. The summed E-state index contributed by atoms with van der Waals surface area (Å²) >= 11 is 0. The molecule has 2 heterocycles. The summed E-state index contributed by atoms with van der Waals surface area (Å²) in [7, 11) is -1.74. The Morgan fingerprint density at radius 1 is 1.35 bits per heavy atom. The Kier molecular flexibility index (Phi) is 3.08. The largest absolute Gasteiger partial charge is 0.497 e. The second-order valence-corrected chi connectivity index (χ2v) is 7.28. The average molecular weight is 296 g/mol. The zero-order valence-corrected chi connectivity index (χ0v) is 11.9. The van der Waals surface area contributed by atoms with E-state index < -0.39 is 15.2 Å². The predicted octanol–water partition coefficient (Wildman–Crippen LogP) is 1.44. The maximum Gasteiger partial charge on any atom is 0.327 e. The van der Waals surface area contributed by atoms with Gasteiger partial charge in [0.1, 0.15) is 11.1 Å². The Hall–Kier alpha value is -1.76. The van der Waals surface area contributed by atoms with Crippen LogP contribution in [0, 0.1) is 0 Å². The average Bonchev–Trinajstić information content (AvgIpc) is 2.73. The number of hydrogen-bond donors (Lipinski definition) is 1. The molecule has 0 spiro atoms. The minimum atomic E-state index is -3.28. The lowest BCUT2D eigenvalue weighted by Gasteiger charge is -2.23. The lowest BCUT2D eigenvalue weighted by molar-refractivity contribution is 0.415. The minimum Gasteiger partial charge on any atom is -0.497 e. The van der Waals surface area contributed by atoms with Crippen molar-refractivity contribution >= 4 is 20.9 Å². The highest BCUT2D eigenvalue weighted by molar-refractivity contribution is 7.91. The van der Waals surface area contributed by atoms with E-state index in [1.165, 1.54) is 11.7 Å². The van der Waals surface area contributed by atoms with Crippen LogP contribution in [-0.2, 0) is 9.84 Å². The van der Waals surface area contributed by atoms with E-state index in [4.69, 9.17) is 4.74 Å². The molecule has 1 atom stereocenters. The van der Waals surface area contributed by atoms with E-state index in [0.717, 1.165) is 6.42 Å². The molecule has 3 rings (SSSR count). The van der Waals surface area contributed by atoms with Crippen molar-refractivity contribution in [3.8, 4) is 5.75 Å². The molecule has 7 heteroatoms. The van der Waals surface area contributed by atoms with Crippen LogP contribution in [0.5, 0.6) is 5.75 Å². The maximum absolute atomic E-state index is 12.2. The minimum absolute atomic E-state index is 0.140. The molecule has 0 radical (unpaired) electrons. The Morgan fingerprint density at radius 3 is 2.85 bits per heavy atom. The number of sulfone groups is 1. The van der Waals surface area contributed by atoms with E-state index in [1.54, 1.807) is 18.2 Å². The topological polar surface area (TPSA) is 81.2 Å². The number of nitrogens with one attached hydrogen (secondary N) is 1. The van der Waals surface area contributed by atoms with Crippen LogP contribution in [0.3, 0.4) is 0 Å². The monoisotopic (exact) mass is 296 g/mol. The summed E-state index contributed by atoms with van der Waals surface area (Å²) < 4.78 is 31.0. The van der Waals surface area contributed by atoms with Crippen LogP contribution in [0.1, 0.15) is 24.6 Å². The molecule has 0 aliphatic carbocycles. The quantitative estimate of drug-likeness (QED) is 0.909. The number of aromatic nitrogens is 2. The Bertz CT molecular complexity index is 803. The molecule has 20 heavy (non-hydrogen) atoms. The van der Waals surface area contributed by atoms with Crippen LogP contribution < -0.4 is 10.4 Å². The summed E-state index contributed by atoms with van der Waals surface area (Å²) in [5.74, 6) is 0.735. The van der Waals surface area contributed by atoms with Gasteiger partial charge in [0.05, 0.1) is 23.9 Å². The third-order valence-corrected chi connectivity index (χ3v) is 5.89. The van der Waals surface area contributed by atoms with E-state index in [2.05, 4.69) is 4.98 Å². The van der Waals surface area contributed by atoms with E-state index in [-0.39, 0.29) is 11.4 Å². The number of hydrogen-bond acceptors (Lipinski definition) is 4. The number of ether oxygens (including phenoxy) is 1. The summed E-state index contributed by atoms with van der Waals surface area (Å²) in [5, 5.41) is -0.774. The van der Waals surface area contributed by atoms with Crippen molar-refractivity contribution in [2.75, 3.05) is 12.9 Å². The normalized spacial score (nSPS) is 21.9. The first-order valence-corrected chi connectivity index (χ1v) is 8.24. The molecule has 1 N–H and O–H groups in total. The fourth-order valence-electron chi connectivity index (χ4n) is 2.74. The van der Waals surface area contributed by atoms with Gasteiger partial charge >= 0.3 is 5.69 Å². The Morgan fingerprint density at radius 2 is 2.15 bits per heavy atom. The van der Waals surface area contributed by atoms with Crippen molar-refractivity contribution in [2.45, 2.75) is 24.6 Å². The van der Waals surface area contributed by atoms with Crippen molar-refractivity contribution in [1.29, 1.82) is 0 Å². The second-order valence-electron chi connectivity index (χ2n) is 5.00. The van der Waals surface area contributed by atoms with Crippen molar-refractivity contribution in [2.24, 2.45) is 0 Å². The summed E-state index contributed by atoms with van der Waals surface area (Å²) in [6, 6.07) is 5.15. The van der Waals surface area contributed by atoms with Gasteiger partial charge in [-0.05, 0) is 31.4 Å². The fraction of sp³-hybridized carbons (Fsp3) is 0.462. The second kappa shape index (κ2) is 4.66. The van der Waals surface area contributed by atoms with Gasteiger partial charge in [-0.3, -0.25) is 4.57 Å². The first-order valence-electron chi connectivity index (χ1n) is 6.53. The van der Waals surface area contributed by atoms with Gasteiger partial charge in [0.2, 0.25) is 0 Å². The van der Waals surface area contributed by atoms with Crippen molar-refractivity contribution < 1.29 is 13.2 Å². The van der Waals surface area contributed by atoms with Gasteiger partial charge in [0.25, 0.3) is 0 Å². The zero-order chi connectivity index (χ0) is 14.3. The molecular formula is C13H16N2O4S. The number of rotatable bonds is 2. The van der Waals surface area contributed by atoms with Crippen molar-refractivity contribution in [1.82, 2.24) is 9.55 Å². The van der Waals surface area contributed by atoms with Crippen LogP contribution in [0.4, 0.5) is 0 Å². The third-order valence-electron chi connectivity index (χ3n) is 3.76. The van der Waals surface area contributed by atoms with Crippen LogP contribution in [-0.4, -0.2) is 30.8 Å². The number of aromatic amines is 1. The molecule has 1 unspecified atom stereocenters. The lowest BCUT2D eigenvalue weighted by atomic mass is 10.2. The Labute approximate surface area is 116 Å². The predicted molar refractivity (Wildman–Crippen MR) is 75.8 cm³/mol. The molecule has 2 aromatic rings. The van der Waals surface area contributed by atoms with E-state index in [9.17, 15) is 13.2 Å². The van der Waals surface area contributed by atoms with Crippen LogP contribution in [0.2, 0.25) is 0 Å². The van der Waals surface area contributed by atoms with Gasteiger partial charge in [-0.15, -0.1) is 0 Å². The van der Waals surface area contributed by atoms with Gasteiger partial charge in [-0.1, -0.05) is 0 Å². The van der Waals surface area contributed by atoms with Gasteiger partial charge in [-0.25, -0.2) is 13.2 Å². The summed E-state index contributed by atoms with van der Waals surface area (Å²) in [4.78, 5) is 14.8. The summed E-state index contributed by atoms with van der Waals surface area (Å²) in [6.45, 7) is 0. The molecule has 1 aromatic carbocycles. The summed E-state index contributed by atoms with van der Waals surface area (Å²) in [5.41, 5.74) is 0.810. The number of imidazole rings is 1. The van der Waals surface area contributed by atoms with Crippen molar-refractivity contribution in [3.63, 3.8) is 0 Å². The van der Waals surface area contributed by atoms with Gasteiger partial charge in [0.15, 0.2) is 9.84 Å². The number of H-pyrrole nitrogens is 1. The Balaban J connectivity index is 2.24. The third kappa shape index (κ3) is 2.02. The highest BCUT2D eigenvalue weighted by atomic mass is 32.2. The zero-order valence-electron chi connectivity index (χ0n) is 11.1. The fourth-order valence-corrected chi connectivity index (χ4v) is 4.68. The SMILES string of the molecule is COc1ccc2[nH]c(=O)n(C3CCCCS3(=O)=O)c2c1. The molecule has 1 aliphatic heterocycles. The molecule has 1 fully saturated rings. The molecule has 1 aliphatic rings. The van der Waals surface area contributed by atoms with Crippen molar-refractivity contribution in [3.05, 3.63) is 28.7 Å². The molecule has 0 amide bonds. The smallest absolute Gasteiger partial charge is 0.327 e. The van der Waals surface area contributed by atoms with E-state index in [1.807, 2.05) is 0 Å². The molecule has 0 bridgehead atoms. The molecule has 1 saturated heterocycles. The molecule has 6 nitrogen and oxygen atoms in total. The molecule has 1 aromatic heterocycles. The van der Waals surface area contributed by atoms with Crippen LogP contribution in [0.15, 0.2) is 23.0 Å². The highest BCUT2D eigenvalue weighted by Gasteiger charge is 2.32. The number of fused-ring (bicyclic) bond motifs is 1. The van der Waals surface area contributed by atoms with Gasteiger partial charge in [-0.2, -0.15) is 0 Å². The van der Waals surface area contributed by atoms with E-state index >= 15 is 0 Å². The van der Waals surface area contributed by atoms with Gasteiger partial charge in [0, 0.05) is 6.07 Å². The standard InChI is InChI=1S/C13H16N2O4S/c1-19-9-5-6-10-11(8-9)15(13(16)14-10)12-4-2-3-7-20(12,17)18/h5-6,8,12H,2-4,7H2,1H3,(H,14,16). The number of methoxy groups -OCH3 is 1. The van der Waals surface area contributed by atoms with E-state index in [0.29, 0.717) is 29.6 Å². The number of benzene rings is 1. The summed E-state index contributed by atoms with van der Waals surface area (Å²) in [6.07, 6.45) is 1.96. The first-order chi connectivity index (χ1) is 9.53. The number of nitrogens with zero attached hydrogens (tertiary/aromatic N) is 1.